The fourth-order valence-corrected chi connectivity index (χ4v) is 2.28. The van der Waals surface area contributed by atoms with E-state index >= 15 is 0 Å². The van der Waals surface area contributed by atoms with Gasteiger partial charge in [-0.2, -0.15) is 0 Å². The van der Waals surface area contributed by atoms with Gasteiger partial charge >= 0.3 is 5.97 Å². The molecule has 0 bridgehead atoms. The monoisotopic (exact) mass is 314 g/mol. The Morgan fingerprint density at radius 3 is 2.78 bits per heavy atom. The van der Waals surface area contributed by atoms with Gasteiger partial charge in [0.25, 0.3) is 0 Å². The van der Waals surface area contributed by atoms with Crippen LogP contribution in [-0.4, -0.2) is 34.5 Å². The van der Waals surface area contributed by atoms with E-state index < -0.39 is 12.2 Å². The Morgan fingerprint density at radius 2 is 2.04 bits per heavy atom. The third-order valence-electron chi connectivity index (χ3n) is 3.47. The van der Waals surface area contributed by atoms with Crippen molar-refractivity contribution in [1.29, 1.82) is 0 Å². The van der Waals surface area contributed by atoms with Gasteiger partial charge in [-0.15, -0.1) is 0 Å². The lowest BCUT2D eigenvalue weighted by Gasteiger charge is -2.15. The van der Waals surface area contributed by atoms with Crippen LogP contribution in [-0.2, 0) is 9.53 Å². The maximum Gasteiger partial charge on any atom is 0.331 e. The van der Waals surface area contributed by atoms with Crippen LogP contribution in [0.15, 0.2) is 60.7 Å². The Hall–Kier alpha value is -2.17. The average molecular weight is 314 g/mol. The number of rotatable bonds is 7. The van der Waals surface area contributed by atoms with Gasteiger partial charge in [0, 0.05) is 18.9 Å². The SMILES string of the molecule is O=C1C=CC[C@H](/C=C/C[C@H](O)C[C@@H](O)/C=C/c2ccccc2)O1. The lowest BCUT2D eigenvalue weighted by molar-refractivity contribution is -0.141. The molecule has 0 saturated carbocycles. The summed E-state index contributed by atoms with van der Waals surface area (Å²) < 4.78 is 5.08. The van der Waals surface area contributed by atoms with Gasteiger partial charge in [-0.05, 0) is 18.1 Å². The van der Waals surface area contributed by atoms with Gasteiger partial charge in [-0.1, -0.05) is 54.6 Å². The Labute approximate surface area is 136 Å². The third kappa shape index (κ3) is 6.63. The Balaban J connectivity index is 1.71. The predicted molar refractivity (Wildman–Crippen MR) is 89.5 cm³/mol. The summed E-state index contributed by atoms with van der Waals surface area (Å²) in [5.41, 5.74) is 1.01. The maximum absolute atomic E-state index is 11.1. The quantitative estimate of drug-likeness (QED) is 0.600. The van der Waals surface area contributed by atoms with Crippen molar-refractivity contribution in [3.63, 3.8) is 0 Å². The largest absolute Gasteiger partial charge is 0.455 e. The fraction of sp³-hybridized carbons (Fsp3) is 0.316. The molecule has 0 radical (unpaired) electrons. The van der Waals surface area contributed by atoms with Crippen molar-refractivity contribution in [1.82, 2.24) is 0 Å². The molecule has 0 spiro atoms. The molecule has 1 aromatic carbocycles. The number of cyclic esters (lactones) is 1. The number of hydrogen-bond donors (Lipinski definition) is 2. The van der Waals surface area contributed by atoms with Crippen LogP contribution in [0.4, 0.5) is 0 Å². The van der Waals surface area contributed by atoms with E-state index in [1.807, 2.05) is 36.4 Å². The van der Waals surface area contributed by atoms with Crippen LogP contribution < -0.4 is 0 Å². The second kappa shape index (κ2) is 9.08. The van der Waals surface area contributed by atoms with E-state index in [0.29, 0.717) is 12.8 Å². The van der Waals surface area contributed by atoms with Gasteiger partial charge in [-0.3, -0.25) is 0 Å². The standard InChI is InChI=1S/C19H22O4/c20-16(8-4-9-18-10-5-11-19(22)23-18)14-17(21)13-12-15-6-2-1-3-7-15/h1-7,9,11-13,16-18,20-21H,8,10,14H2/b9-4+,13-12+/t16-,17-,18-/m0/s1. The zero-order valence-corrected chi connectivity index (χ0v) is 12.9. The van der Waals surface area contributed by atoms with E-state index in [0.717, 1.165) is 5.56 Å². The molecule has 0 fully saturated rings. The molecule has 1 heterocycles. The smallest absolute Gasteiger partial charge is 0.331 e. The molecule has 1 aliphatic heterocycles. The molecule has 0 aromatic heterocycles. The molecule has 0 saturated heterocycles. The zero-order chi connectivity index (χ0) is 16.5. The molecule has 0 amide bonds. The summed E-state index contributed by atoms with van der Waals surface area (Å²) in [6.07, 6.45) is 9.98. The van der Waals surface area contributed by atoms with Gasteiger partial charge in [-0.25, -0.2) is 4.79 Å². The van der Waals surface area contributed by atoms with Crippen LogP contribution in [0.5, 0.6) is 0 Å². The van der Waals surface area contributed by atoms with Gasteiger partial charge in [0.05, 0.1) is 12.2 Å². The van der Waals surface area contributed by atoms with Crippen LogP contribution in [0.3, 0.4) is 0 Å². The van der Waals surface area contributed by atoms with Gasteiger partial charge in [0.1, 0.15) is 6.10 Å². The van der Waals surface area contributed by atoms with Gasteiger partial charge in [0.2, 0.25) is 0 Å². The van der Waals surface area contributed by atoms with Crippen LogP contribution in [0, 0.1) is 0 Å². The summed E-state index contributed by atoms with van der Waals surface area (Å²) in [6.45, 7) is 0. The highest BCUT2D eigenvalue weighted by atomic mass is 16.5. The molecule has 1 aliphatic rings. The van der Waals surface area contributed by atoms with Crippen molar-refractivity contribution in [3.8, 4) is 0 Å². The van der Waals surface area contributed by atoms with Crippen LogP contribution in [0.2, 0.25) is 0 Å². The first kappa shape index (κ1) is 17.2. The number of carbonyl (C=O) groups is 1. The molecule has 4 heteroatoms. The van der Waals surface area contributed by atoms with E-state index in [1.54, 1.807) is 24.3 Å². The van der Waals surface area contributed by atoms with E-state index in [9.17, 15) is 15.0 Å². The molecule has 23 heavy (non-hydrogen) atoms. The minimum Gasteiger partial charge on any atom is -0.455 e. The van der Waals surface area contributed by atoms with Crippen LogP contribution in [0.25, 0.3) is 6.08 Å². The summed E-state index contributed by atoms with van der Waals surface area (Å²) in [4.78, 5) is 11.1. The molecular formula is C19H22O4. The minimum absolute atomic E-state index is 0.261. The van der Waals surface area contributed by atoms with Crippen molar-refractivity contribution in [2.24, 2.45) is 0 Å². The summed E-state index contributed by atoms with van der Waals surface area (Å²) >= 11 is 0. The first-order valence-electron chi connectivity index (χ1n) is 7.76. The number of aliphatic hydroxyl groups excluding tert-OH is 2. The highest BCUT2D eigenvalue weighted by Crippen LogP contribution is 2.11. The Bertz CT molecular complexity index is 574. The number of carbonyl (C=O) groups excluding carboxylic acids is 1. The van der Waals surface area contributed by atoms with Crippen molar-refractivity contribution in [2.45, 2.75) is 37.6 Å². The number of esters is 1. The fourth-order valence-electron chi connectivity index (χ4n) is 2.28. The second-order valence-electron chi connectivity index (χ2n) is 5.50. The summed E-state index contributed by atoms with van der Waals surface area (Å²) in [6, 6.07) is 9.69. The average Bonchev–Trinajstić information content (AvgIpc) is 2.54. The van der Waals surface area contributed by atoms with Crippen molar-refractivity contribution >= 4 is 12.0 Å². The van der Waals surface area contributed by atoms with Crippen molar-refractivity contribution < 1.29 is 19.7 Å². The molecule has 4 nitrogen and oxygen atoms in total. The topological polar surface area (TPSA) is 66.8 Å². The first-order valence-corrected chi connectivity index (χ1v) is 7.76. The normalized spacial score (nSPS) is 20.8. The second-order valence-corrected chi connectivity index (χ2v) is 5.50. The predicted octanol–water partition coefficient (Wildman–Crippen LogP) is 2.63. The highest BCUT2D eigenvalue weighted by molar-refractivity contribution is 5.82. The van der Waals surface area contributed by atoms with Crippen LogP contribution in [0.1, 0.15) is 24.8 Å². The molecule has 122 valence electrons. The summed E-state index contributed by atoms with van der Waals surface area (Å²) in [5, 5.41) is 19.8. The number of ether oxygens (including phenoxy) is 1. The Kier molecular flexibility index (Phi) is 6.78. The van der Waals surface area contributed by atoms with Gasteiger partial charge in [0.15, 0.2) is 0 Å². The molecule has 2 N–H and O–H groups in total. The number of hydrogen-bond acceptors (Lipinski definition) is 4. The van der Waals surface area contributed by atoms with E-state index in [-0.39, 0.29) is 18.5 Å². The number of benzene rings is 1. The van der Waals surface area contributed by atoms with Crippen molar-refractivity contribution in [2.75, 3.05) is 0 Å². The van der Waals surface area contributed by atoms with E-state index in [1.165, 1.54) is 6.08 Å². The maximum atomic E-state index is 11.1. The minimum atomic E-state index is -0.700. The first-order chi connectivity index (χ1) is 11.1. The zero-order valence-electron chi connectivity index (χ0n) is 12.9. The third-order valence-corrected chi connectivity index (χ3v) is 3.47. The lowest BCUT2D eigenvalue weighted by Crippen LogP contribution is -2.18. The van der Waals surface area contributed by atoms with Crippen molar-refractivity contribution in [3.05, 3.63) is 66.3 Å². The molecular weight excluding hydrogens is 292 g/mol. The summed E-state index contributed by atoms with van der Waals surface area (Å²) in [5.74, 6) is -0.340. The lowest BCUT2D eigenvalue weighted by atomic mass is 10.1. The molecule has 0 aliphatic carbocycles. The molecule has 3 atom stereocenters. The molecule has 2 rings (SSSR count). The Morgan fingerprint density at radius 1 is 1.26 bits per heavy atom. The van der Waals surface area contributed by atoms with E-state index in [2.05, 4.69) is 0 Å². The highest BCUT2D eigenvalue weighted by Gasteiger charge is 2.13. The van der Waals surface area contributed by atoms with E-state index in [4.69, 9.17) is 4.74 Å². The molecule has 1 aromatic rings. The van der Waals surface area contributed by atoms with Crippen LogP contribution >= 0.6 is 0 Å². The summed E-state index contributed by atoms with van der Waals surface area (Å²) in [7, 11) is 0. The molecule has 0 unspecified atom stereocenters. The van der Waals surface area contributed by atoms with Gasteiger partial charge < -0.3 is 14.9 Å². The number of aliphatic hydroxyl groups is 2.